The van der Waals surface area contributed by atoms with Gasteiger partial charge in [-0.25, -0.2) is 4.98 Å². The number of aromatic nitrogens is 2. The first-order valence-electron chi connectivity index (χ1n) is 7.61. The molecule has 0 N–H and O–H groups in total. The molecule has 0 spiro atoms. The molecule has 23 heavy (non-hydrogen) atoms. The van der Waals surface area contributed by atoms with E-state index in [4.69, 9.17) is 11.6 Å². The second-order valence-corrected chi connectivity index (χ2v) is 7.79. The summed E-state index contributed by atoms with van der Waals surface area (Å²) in [6.45, 7) is 6.42. The van der Waals surface area contributed by atoms with Crippen molar-refractivity contribution < 1.29 is 0 Å². The van der Waals surface area contributed by atoms with E-state index in [0.717, 1.165) is 27.0 Å². The van der Waals surface area contributed by atoms with Gasteiger partial charge >= 0.3 is 0 Å². The molecule has 2 aromatic carbocycles. The molecule has 3 rings (SSSR count). The molecule has 0 saturated heterocycles. The smallest absolute Gasteiger partial charge is 0.144 e. The van der Waals surface area contributed by atoms with Crippen LogP contribution in [0.3, 0.4) is 0 Å². The van der Waals surface area contributed by atoms with Crippen molar-refractivity contribution in [2.75, 3.05) is 0 Å². The fourth-order valence-electron chi connectivity index (χ4n) is 2.42. The SMILES string of the molecule is Cc1ccc(-c2nccn2-c2ccc(SC(C)C)c(Cl)c2)cc1. The molecule has 0 amide bonds. The average Bonchev–Trinajstić information content (AvgIpc) is 2.99. The molecule has 0 bridgehead atoms. The Bertz CT molecular complexity index is 806. The summed E-state index contributed by atoms with van der Waals surface area (Å²) in [5, 5.41) is 1.29. The summed E-state index contributed by atoms with van der Waals surface area (Å²) >= 11 is 8.23. The lowest BCUT2D eigenvalue weighted by atomic mass is 10.1. The van der Waals surface area contributed by atoms with E-state index >= 15 is 0 Å². The zero-order chi connectivity index (χ0) is 16.4. The van der Waals surface area contributed by atoms with E-state index < -0.39 is 0 Å². The minimum absolute atomic E-state index is 0.509. The Morgan fingerprint density at radius 3 is 2.48 bits per heavy atom. The fraction of sp³-hybridized carbons (Fsp3) is 0.211. The molecule has 0 atom stereocenters. The Morgan fingerprint density at radius 2 is 1.83 bits per heavy atom. The van der Waals surface area contributed by atoms with Crippen LogP contribution in [0.15, 0.2) is 59.8 Å². The molecule has 4 heteroatoms. The zero-order valence-electron chi connectivity index (χ0n) is 13.5. The number of aryl methyl sites for hydroxylation is 1. The summed E-state index contributed by atoms with van der Waals surface area (Å²) in [5.74, 6) is 0.922. The Hall–Kier alpha value is -1.71. The lowest BCUT2D eigenvalue weighted by Gasteiger charge is -2.12. The lowest BCUT2D eigenvalue weighted by Crippen LogP contribution is -1.97. The Balaban J connectivity index is 1.99. The molecular weight excluding hydrogens is 324 g/mol. The number of halogens is 1. The van der Waals surface area contributed by atoms with Gasteiger partial charge in [-0.3, -0.25) is 4.57 Å². The number of rotatable bonds is 4. The number of nitrogens with zero attached hydrogens (tertiary/aromatic N) is 2. The molecule has 3 aromatic rings. The molecule has 1 aromatic heterocycles. The van der Waals surface area contributed by atoms with Gasteiger partial charge in [0.15, 0.2) is 0 Å². The van der Waals surface area contributed by atoms with Gasteiger partial charge in [-0.2, -0.15) is 0 Å². The first-order valence-corrected chi connectivity index (χ1v) is 8.87. The van der Waals surface area contributed by atoms with Crippen molar-refractivity contribution in [2.45, 2.75) is 30.9 Å². The maximum absolute atomic E-state index is 6.45. The third-order valence-electron chi connectivity index (χ3n) is 3.51. The van der Waals surface area contributed by atoms with Crippen LogP contribution in [0.25, 0.3) is 17.1 Å². The van der Waals surface area contributed by atoms with Crippen LogP contribution in [-0.2, 0) is 0 Å². The van der Waals surface area contributed by atoms with E-state index in [2.05, 4.69) is 66.7 Å². The van der Waals surface area contributed by atoms with Crippen molar-refractivity contribution in [1.82, 2.24) is 9.55 Å². The van der Waals surface area contributed by atoms with E-state index in [1.807, 2.05) is 18.5 Å². The standard InChI is InChI=1S/C19H19ClN2S/c1-13(2)23-18-9-8-16(12-17(18)20)22-11-10-21-19(22)15-6-4-14(3)5-7-15/h4-13H,1-3H3. The van der Waals surface area contributed by atoms with Gasteiger partial charge in [0.2, 0.25) is 0 Å². The highest BCUT2D eigenvalue weighted by molar-refractivity contribution is 8.00. The van der Waals surface area contributed by atoms with Crippen LogP contribution in [0, 0.1) is 6.92 Å². The van der Waals surface area contributed by atoms with Crippen molar-refractivity contribution in [3.05, 3.63) is 65.4 Å². The number of hydrogen-bond acceptors (Lipinski definition) is 2. The summed E-state index contributed by atoms with van der Waals surface area (Å²) in [7, 11) is 0. The van der Waals surface area contributed by atoms with Crippen LogP contribution < -0.4 is 0 Å². The molecule has 1 heterocycles. The predicted molar refractivity (Wildman–Crippen MR) is 99.7 cm³/mol. The molecular formula is C19H19ClN2S. The van der Waals surface area contributed by atoms with E-state index in [0.29, 0.717) is 5.25 Å². The molecule has 0 radical (unpaired) electrons. The van der Waals surface area contributed by atoms with Crippen molar-refractivity contribution in [1.29, 1.82) is 0 Å². The minimum atomic E-state index is 0.509. The van der Waals surface area contributed by atoms with Gasteiger partial charge in [0.1, 0.15) is 5.82 Å². The first-order chi connectivity index (χ1) is 11.0. The van der Waals surface area contributed by atoms with Gasteiger partial charge in [0, 0.05) is 33.8 Å². The molecule has 118 valence electrons. The van der Waals surface area contributed by atoms with Gasteiger partial charge in [-0.1, -0.05) is 55.3 Å². The lowest BCUT2D eigenvalue weighted by molar-refractivity contribution is 1.06. The molecule has 0 fully saturated rings. The van der Waals surface area contributed by atoms with Gasteiger partial charge < -0.3 is 0 Å². The fourth-order valence-corrected chi connectivity index (χ4v) is 3.55. The van der Waals surface area contributed by atoms with Crippen molar-refractivity contribution in [2.24, 2.45) is 0 Å². The van der Waals surface area contributed by atoms with E-state index in [1.165, 1.54) is 5.56 Å². The molecule has 0 aliphatic rings. The summed E-state index contributed by atoms with van der Waals surface area (Å²) in [4.78, 5) is 5.62. The van der Waals surface area contributed by atoms with Crippen LogP contribution in [0.2, 0.25) is 5.02 Å². The van der Waals surface area contributed by atoms with Crippen molar-refractivity contribution in [3.63, 3.8) is 0 Å². The van der Waals surface area contributed by atoms with Crippen LogP contribution in [0.1, 0.15) is 19.4 Å². The number of hydrogen-bond donors (Lipinski definition) is 0. The summed E-state index contributed by atoms with van der Waals surface area (Å²) in [6.07, 6.45) is 3.79. The second kappa shape index (κ2) is 6.81. The van der Waals surface area contributed by atoms with Crippen LogP contribution in [-0.4, -0.2) is 14.8 Å². The summed E-state index contributed by atoms with van der Waals surface area (Å²) in [5.41, 5.74) is 3.36. The molecule has 0 aliphatic heterocycles. The largest absolute Gasteiger partial charge is 0.300 e. The second-order valence-electron chi connectivity index (χ2n) is 5.77. The minimum Gasteiger partial charge on any atom is -0.300 e. The maximum Gasteiger partial charge on any atom is 0.144 e. The molecule has 0 aliphatic carbocycles. The first kappa shape index (κ1) is 16.2. The Labute approximate surface area is 146 Å². The normalized spacial score (nSPS) is 11.2. The molecule has 0 unspecified atom stereocenters. The highest BCUT2D eigenvalue weighted by Gasteiger charge is 2.10. The molecule has 2 nitrogen and oxygen atoms in total. The van der Waals surface area contributed by atoms with Gasteiger partial charge in [-0.15, -0.1) is 11.8 Å². The molecule has 0 saturated carbocycles. The Kier molecular flexibility index (Phi) is 4.79. The van der Waals surface area contributed by atoms with Gasteiger partial charge in [0.25, 0.3) is 0 Å². The number of thioether (sulfide) groups is 1. The average molecular weight is 343 g/mol. The third kappa shape index (κ3) is 3.62. The van der Waals surface area contributed by atoms with Crippen LogP contribution >= 0.6 is 23.4 Å². The van der Waals surface area contributed by atoms with Crippen molar-refractivity contribution >= 4 is 23.4 Å². The zero-order valence-corrected chi connectivity index (χ0v) is 15.0. The quantitative estimate of drug-likeness (QED) is 0.541. The van der Waals surface area contributed by atoms with Crippen LogP contribution in [0.5, 0.6) is 0 Å². The Morgan fingerprint density at radius 1 is 1.09 bits per heavy atom. The van der Waals surface area contributed by atoms with Gasteiger partial charge in [0.05, 0.1) is 5.02 Å². The van der Waals surface area contributed by atoms with E-state index in [1.54, 1.807) is 11.8 Å². The third-order valence-corrected chi connectivity index (χ3v) is 5.01. The topological polar surface area (TPSA) is 17.8 Å². The highest BCUT2D eigenvalue weighted by Crippen LogP contribution is 2.32. The van der Waals surface area contributed by atoms with Crippen LogP contribution in [0.4, 0.5) is 0 Å². The number of imidazole rings is 1. The van der Waals surface area contributed by atoms with Gasteiger partial charge in [-0.05, 0) is 25.1 Å². The van der Waals surface area contributed by atoms with Crippen molar-refractivity contribution in [3.8, 4) is 17.1 Å². The summed E-state index contributed by atoms with van der Waals surface area (Å²) in [6, 6.07) is 14.6. The van der Waals surface area contributed by atoms with E-state index in [-0.39, 0.29) is 0 Å². The summed E-state index contributed by atoms with van der Waals surface area (Å²) < 4.78 is 2.07. The monoisotopic (exact) mass is 342 g/mol. The van der Waals surface area contributed by atoms with E-state index in [9.17, 15) is 0 Å². The number of benzene rings is 2. The highest BCUT2D eigenvalue weighted by atomic mass is 35.5. The predicted octanol–water partition coefficient (Wildman–Crippen LogP) is 6.00. The maximum atomic E-state index is 6.45.